The predicted octanol–water partition coefficient (Wildman–Crippen LogP) is 1.72. The molecule has 1 aliphatic rings. The Balaban J connectivity index is 2.44. The molecule has 0 amide bonds. The summed E-state index contributed by atoms with van der Waals surface area (Å²) in [5.41, 5.74) is 0.389. The highest BCUT2D eigenvalue weighted by atomic mass is 16.6. The Kier molecular flexibility index (Phi) is 3.06. The van der Waals surface area contributed by atoms with Crippen LogP contribution in [0.5, 0.6) is 0 Å². The molecular formula is C11H12N2O4. The molecule has 17 heavy (non-hydrogen) atoms. The van der Waals surface area contributed by atoms with Gasteiger partial charge in [-0.15, -0.1) is 0 Å². The standard InChI is InChI=1S/C11H12N2O4/c14-11(15)7-3-4-8(9-2-1-5-12-9)10(6-7)13(16)17/h3-4,6,9,12H,1-2,5H2,(H,14,15)/t9-/m0/s1. The van der Waals surface area contributed by atoms with Gasteiger partial charge in [0.25, 0.3) is 5.69 Å². The number of nitro groups is 1. The quantitative estimate of drug-likeness (QED) is 0.615. The van der Waals surface area contributed by atoms with Crippen molar-refractivity contribution < 1.29 is 14.8 Å². The molecule has 1 aliphatic heterocycles. The van der Waals surface area contributed by atoms with Gasteiger partial charge >= 0.3 is 5.97 Å². The summed E-state index contributed by atoms with van der Waals surface area (Å²) in [7, 11) is 0. The normalized spacial score (nSPS) is 19.2. The molecule has 0 radical (unpaired) electrons. The molecule has 1 aromatic rings. The van der Waals surface area contributed by atoms with Gasteiger partial charge in [-0.2, -0.15) is 0 Å². The van der Waals surface area contributed by atoms with Crippen LogP contribution in [-0.4, -0.2) is 22.5 Å². The topological polar surface area (TPSA) is 92.5 Å². The van der Waals surface area contributed by atoms with Gasteiger partial charge in [0.1, 0.15) is 0 Å². The monoisotopic (exact) mass is 236 g/mol. The van der Waals surface area contributed by atoms with E-state index in [-0.39, 0.29) is 17.3 Å². The van der Waals surface area contributed by atoms with Gasteiger partial charge in [-0.3, -0.25) is 10.1 Å². The number of nitro benzene ring substituents is 1. The van der Waals surface area contributed by atoms with Crippen LogP contribution in [0.1, 0.15) is 34.8 Å². The summed E-state index contributed by atoms with van der Waals surface area (Å²) < 4.78 is 0. The van der Waals surface area contributed by atoms with Gasteiger partial charge in [0, 0.05) is 17.7 Å². The number of rotatable bonds is 3. The first kappa shape index (κ1) is 11.5. The maximum Gasteiger partial charge on any atom is 0.335 e. The van der Waals surface area contributed by atoms with Crippen molar-refractivity contribution in [3.8, 4) is 0 Å². The van der Waals surface area contributed by atoms with Crippen molar-refractivity contribution in [3.05, 3.63) is 39.4 Å². The molecule has 1 heterocycles. The maximum atomic E-state index is 10.9. The second-order valence-electron chi connectivity index (χ2n) is 3.98. The minimum atomic E-state index is -1.15. The van der Waals surface area contributed by atoms with Crippen LogP contribution >= 0.6 is 0 Å². The summed E-state index contributed by atoms with van der Waals surface area (Å²) in [6.45, 7) is 0.836. The number of nitrogens with one attached hydrogen (secondary N) is 1. The summed E-state index contributed by atoms with van der Waals surface area (Å²) in [6, 6.07) is 4.02. The van der Waals surface area contributed by atoms with Gasteiger partial charge in [-0.25, -0.2) is 4.79 Å². The van der Waals surface area contributed by atoms with Gasteiger partial charge < -0.3 is 10.4 Å². The average Bonchev–Trinajstić information content (AvgIpc) is 2.81. The zero-order valence-electron chi connectivity index (χ0n) is 9.05. The third kappa shape index (κ3) is 2.26. The molecule has 0 saturated carbocycles. The minimum absolute atomic E-state index is 0.0433. The van der Waals surface area contributed by atoms with E-state index < -0.39 is 10.9 Å². The molecule has 0 aromatic heterocycles. The first-order valence-electron chi connectivity index (χ1n) is 5.34. The molecule has 0 bridgehead atoms. The van der Waals surface area contributed by atoms with Crippen LogP contribution in [0.2, 0.25) is 0 Å². The van der Waals surface area contributed by atoms with Gasteiger partial charge in [0.05, 0.1) is 10.5 Å². The summed E-state index contributed by atoms with van der Waals surface area (Å²) in [5, 5.41) is 22.9. The number of hydrogen-bond donors (Lipinski definition) is 2. The lowest BCUT2D eigenvalue weighted by Gasteiger charge is -2.11. The Bertz CT molecular complexity index is 467. The molecular weight excluding hydrogens is 224 g/mol. The smallest absolute Gasteiger partial charge is 0.335 e. The molecule has 6 nitrogen and oxygen atoms in total. The van der Waals surface area contributed by atoms with Crippen LogP contribution in [0.4, 0.5) is 5.69 Å². The fraction of sp³-hybridized carbons (Fsp3) is 0.364. The maximum absolute atomic E-state index is 10.9. The Labute approximate surface area is 97.4 Å². The molecule has 1 atom stereocenters. The number of hydrogen-bond acceptors (Lipinski definition) is 4. The molecule has 0 spiro atoms. The lowest BCUT2D eigenvalue weighted by atomic mass is 10.0. The highest BCUT2D eigenvalue weighted by Crippen LogP contribution is 2.31. The average molecular weight is 236 g/mol. The summed E-state index contributed by atoms with van der Waals surface area (Å²) in [5.74, 6) is -1.15. The molecule has 6 heteroatoms. The Morgan fingerprint density at radius 3 is 2.82 bits per heavy atom. The van der Waals surface area contributed by atoms with Crippen LogP contribution in [0.3, 0.4) is 0 Å². The van der Waals surface area contributed by atoms with E-state index in [0.29, 0.717) is 5.56 Å². The van der Waals surface area contributed by atoms with E-state index >= 15 is 0 Å². The van der Waals surface area contributed by atoms with Gasteiger partial charge in [0.15, 0.2) is 0 Å². The molecule has 2 rings (SSSR count). The van der Waals surface area contributed by atoms with E-state index in [2.05, 4.69) is 5.32 Å². The second-order valence-corrected chi connectivity index (χ2v) is 3.98. The number of nitrogens with zero attached hydrogens (tertiary/aromatic N) is 1. The highest BCUT2D eigenvalue weighted by molar-refractivity contribution is 5.88. The van der Waals surface area contributed by atoms with Crippen LogP contribution < -0.4 is 5.32 Å². The fourth-order valence-corrected chi connectivity index (χ4v) is 2.08. The third-order valence-electron chi connectivity index (χ3n) is 2.91. The molecule has 1 aromatic carbocycles. The van der Waals surface area contributed by atoms with Crippen LogP contribution in [0.15, 0.2) is 18.2 Å². The summed E-state index contributed by atoms with van der Waals surface area (Å²) in [6.07, 6.45) is 1.82. The summed E-state index contributed by atoms with van der Waals surface area (Å²) >= 11 is 0. The SMILES string of the molecule is O=C(O)c1ccc([C@@H]2CCCN2)c([N+](=O)[O-])c1. The minimum Gasteiger partial charge on any atom is -0.478 e. The van der Waals surface area contributed by atoms with Crippen molar-refractivity contribution in [3.63, 3.8) is 0 Å². The van der Waals surface area contributed by atoms with Crippen molar-refractivity contribution in [2.75, 3.05) is 6.54 Å². The van der Waals surface area contributed by atoms with E-state index in [9.17, 15) is 14.9 Å². The largest absolute Gasteiger partial charge is 0.478 e. The Morgan fingerprint density at radius 2 is 2.29 bits per heavy atom. The molecule has 0 unspecified atom stereocenters. The molecule has 90 valence electrons. The van der Waals surface area contributed by atoms with Crippen molar-refractivity contribution in [1.29, 1.82) is 0 Å². The first-order valence-corrected chi connectivity index (χ1v) is 5.34. The van der Waals surface area contributed by atoms with Crippen LogP contribution in [-0.2, 0) is 0 Å². The van der Waals surface area contributed by atoms with E-state index in [1.807, 2.05) is 0 Å². The number of carboxylic acid groups (broad SMARTS) is 1. The van der Waals surface area contributed by atoms with Gasteiger partial charge in [0.2, 0.25) is 0 Å². The second kappa shape index (κ2) is 4.50. The van der Waals surface area contributed by atoms with Gasteiger partial charge in [-0.1, -0.05) is 0 Å². The lowest BCUT2D eigenvalue weighted by Crippen LogP contribution is -2.15. The molecule has 0 aliphatic carbocycles. The van der Waals surface area contributed by atoms with E-state index in [0.717, 1.165) is 25.5 Å². The zero-order chi connectivity index (χ0) is 12.4. The number of benzene rings is 1. The van der Waals surface area contributed by atoms with E-state index in [1.165, 1.54) is 12.1 Å². The number of carbonyl (C=O) groups is 1. The third-order valence-corrected chi connectivity index (χ3v) is 2.91. The summed E-state index contributed by atoms with van der Waals surface area (Å²) in [4.78, 5) is 21.2. The predicted molar refractivity (Wildman–Crippen MR) is 60.0 cm³/mol. The number of aromatic carboxylic acids is 1. The highest BCUT2D eigenvalue weighted by Gasteiger charge is 2.25. The zero-order valence-corrected chi connectivity index (χ0v) is 9.05. The fourth-order valence-electron chi connectivity index (χ4n) is 2.08. The van der Waals surface area contributed by atoms with Crippen LogP contribution in [0.25, 0.3) is 0 Å². The molecule has 1 saturated heterocycles. The van der Waals surface area contributed by atoms with Gasteiger partial charge in [-0.05, 0) is 31.5 Å². The van der Waals surface area contributed by atoms with E-state index in [1.54, 1.807) is 0 Å². The van der Waals surface area contributed by atoms with Crippen molar-refractivity contribution >= 4 is 11.7 Å². The molecule has 1 fully saturated rings. The van der Waals surface area contributed by atoms with Crippen LogP contribution in [0, 0.1) is 10.1 Å². The van der Waals surface area contributed by atoms with Crippen molar-refractivity contribution in [2.45, 2.75) is 18.9 Å². The van der Waals surface area contributed by atoms with Crippen molar-refractivity contribution in [2.24, 2.45) is 0 Å². The van der Waals surface area contributed by atoms with E-state index in [4.69, 9.17) is 5.11 Å². The lowest BCUT2D eigenvalue weighted by molar-refractivity contribution is -0.385. The first-order chi connectivity index (χ1) is 8.09. The molecule has 2 N–H and O–H groups in total. The Morgan fingerprint density at radius 1 is 1.53 bits per heavy atom. The Hall–Kier alpha value is -1.95. The van der Waals surface area contributed by atoms with Crippen molar-refractivity contribution in [1.82, 2.24) is 5.32 Å². The number of carboxylic acids is 1.